The van der Waals surface area contributed by atoms with Crippen LogP contribution in [0.1, 0.15) is 39.9 Å². The summed E-state index contributed by atoms with van der Waals surface area (Å²) in [7, 11) is 1.86. The van der Waals surface area contributed by atoms with E-state index in [0.29, 0.717) is 46.5 Å². The van der Waals surface area contributed by atoms with Crippen LogP contribution in [0.25, 0.3) is 33.3 Å². The van der Waals surface area contributed by atoms with E-state index >= 15 is 0 Å². The maximum Gasteiger partial charge on any atom is 0.416 e. The van der Waals surface area contributed by atoms with Gasteiger partial charge in [-0.1, -0.05) is 78.9 Å². The first-order valence-corrected chi connectivity index (χ1v) is 16.2. The summed E-state index contributed by atoms with van der Waals surface area (Å²) >= 11 is 5.84. The standard InChI is InChI=1S/C39H31F3N4O2S/c1-45-34-23-26(44-35(47)30-12-3-2-9-27(30)24-15-17-25(18-16-24)39(40,41)42)19-20-33(34)46(37(45)49)22-8-21-38(36(43)48)31-13-6-4-10-28(31)29-11-5-7-14-32(29)38/h2-7,9-20,23H,8,21-22H2,1H3,(H2,43,48)(H,44,47). The first-order chi connectivity index (χ1) is 23.5. The number of halogens is 3. The Hall–Kier alpha value is -5.48. The second kappa shape index (κ2) is 12.2. The Bertz CT molecular complexity index is 2280. The number of rotatable bonds is 8. The summed E-state index contributed by atoms with van der Waals surface area (Å²) in [5.41, 5.74) is 11.9. The molecule has 0 atom stereocenters. The third kappa shape index (κ3) is 5.42. The molecule has 0 spiro atoms. The lowest BCUT2D eigenvalue weighted by Gasteiger charge is -2.28. The number of carbonyl (C=O) groups excluding carboxylic acids is 2. The highest BCUT2D eigenvalue weighted by molar-refractivity contribution is 7.71. The van der Waals surface area contributed by atoms with Crippen molar-refractivity contribution in [2.24, 2.45) is 12.8 Å². The van der Waals surface area contributed by atoms with Gasteiger partial charge in [-0.2, -0.15) is 13.2 Å². The molecule has 7 rings (SSSR count). The molecule has 0 saturated carbocycles. The molecule has 10 heteroatoms. The fourth-order valence-electron chi connectivity index (χ4n) is 7.16. The van der Waals surface area contributed by atoms with Crippen LogP contribution in [0.3, 0.4) is 0 Å². The maximum absolute atomic E-state index is 13.5. The van der Waals surface area contributed by atoms with E-state index < -0.39 is 23.1 Å². The number of primary amides is 1. The molecule has 0 bridgehead atoms. The third-order valence-corrected chi connectivity index (χ3v) is 10.0. The van der Waals surface area contributed by atoms with Crippen LogP contribution in [0.15, 0.2) is 115 Å². The highest BCUT2D eigenvalue weighted by atomic mass is 32.1. The van der Waals surface area contributed by atoms with Crippen LogP contribution in [0.4, 0.5) is 18.9 Å². The van der Waals surface area contributed by atoms with E-state index in [9.17, 15) is 22.8 Å². The van der Waals surface area contributed by atoms with Crippen molar-refractivity contribution in [3.05, 3.63) is 142 Å². The highest BCUT2D eigenvalue weighted by Gasteiger charge is 2.47. The third-order valence-electron chi connectivity index (χ3n) is 9.52. The second-order valence-corrected chi connectivity index (χ2v) is 12.6. The van der Waals surface area contributed by atoms with E-state index in [-0.39, 0.29) is 5.91 Å². The molecule has 0 aliphatic heterocycles. The van der Waals surface area contributed by atoms with Crippen molar-refractivity contribution < 1.29 is 22.8 Å². The molecule has 0 saturated heterocycles. The summed E-state index contributed by atoms with van der Waals surface area (Å²) in [6.07, 6.45) is -3.33. The smallest absolute Gasteiger partial charge is 0.369 e. The first kappa shape index (κ1) is 32.1. The summed E-state index contributed by atoms with van der Waals surface area (Å²) in [4.78, 5) is 26.8. The van der Waals surface area contributed by atoms with Gasteiger partial charge in [-0.05, 0) is 94.8 Å². The topological polar surface area (TPSA) is 82.0 Å². The van der Waals surface area contributed by atoms with Crippen molar-refractivity contribution in [2.75, 3.05) is 5.32 Å². The molecule has 1 aliphatic carbocycles. The zero-order valence-corrected chi connectivity index (χ0v) is 27.2. The molecule has 1 heterocycles. The van der Waals surface area contributed by atoms with E-state index in [0.717, 1.165) is 45.4 Å². The number of hydrogen-bond acceptors (Lipinski definition) is 3. The number of nitrogens with one attached hydrogen (secondary N) is 1. The van der Waals surface area contributed by atoms with Gasteiger partial charge in [-0.25, -0.2) is 0 Å². The van der Waals surface area contributed by atoms with Gasteiger partial charge < -0.3 is 20.2 Å². The molecule has 246 valence electrons. The van der Waals surface area contributed by atoms with Gasteiger partial charge in [0, 0.05) is 24.8 Å². The number of aromatic nitrogens is 2. The lowest BCUT2D eigenvalue weighted by Crippen LogP contribution is -2.41. The van der Waals surface area contributed by atoms with Crippen LogP contribution >= 0.6 is 12.2 Å². The number of benzene rings is 5. The number of anilines is 1. The molecule has 1 aliphatic rings. The minimum atomic E-state index is -4.45. The van der Waals surface area contributed by atoms with Crippen molar-refractivity contribution in [3.63, 3.8) is 0 Å². The number of alkyl halides is 3. The molecule has 3 N–H and O–H groups in total. The van der Waals surface area contributed by atoms with Gasteiger partial charge in [0.15, 0.2) is 4.77 Å². The predicted molar refractivity (Wildman–Crippen MR) is 188 cm³/mol. The lowest BCUT2D eigenvalue weighted by atomic mass is 9.74. The maximum atomic E-state index is 13.5. The quantitative estimate of drug-likeness (QED) is 0.158. The van der Waals surface area contributed by atoms with Gasteiger partial charge in [0.1, 0.15) is 0 Å². The van der Waals surface area contributed by atoms with Crippen LogP contribution in [0.2, 0.25) is 0 Å². The molecular weight excluding hydrogens is 646 g/mol. The van der Waals surface area contributed by atoms with Crippen molar-refractivity contribution in [2.45, 2.75) is 31.0 Å². The Labute approximate surface area is 285 Å². The molecule has 0 unspecified atom stereocenters. The lowest BCUT2D eigenvalue weighted by molar-refractivity contribution is -0.137. The number of fused-ring (bicyclic) bond motifs is 4. The van der Waals surface area contributed by atoms with Crippen LogP contribution < -0.4 is 11.1 Å². The fourth-order valence-corrected chi connectivity index (χ4v) is 7.45. The van der Waals surface area contributed by atoms with Crippen molar-refractivity contribution in [3.8, 4) is 22.3 Å². The Morgan fingerprint density at radius 1 is 0.796 bits per heavy atom. The summed E-state index contributed by atoms with van der Waals surface area (Å²) in [5, 5.41) is 2.94. The normalized spacial score (nSPS) is 13.2. The monoisotopic (exact) mass is 676 g/mol. The van der Waals surface area contributed by atoms with Crippen molar-refractivity contribution in [1.29, 1.82) is 0 Å². The Balaban J connectivity index is 1.13. The summed E-state index contributed by atoms with van der Waals surface area (Å²) in [6, 6.07) is 32.9. The van der Waals surface area contributed by atoms with E-state index in [2.05, 4.69) is 5.32 Å². The predicted octanol–water partition coefficient (Wildman–Crippen LogP) is 8.88. The molecule has 1 aromatic heterocycles. The molecule has 2 amide bonds. The Morgan fingerprint density at radius 2 is 1.39 bits per heavy atom. The van der Waals surface area contributed by atoms with Crippen molar-refractivity contribution >= 4 is 40.8 Å². The minimum absolute atomic E-state index is 0.326. The number of imidazole rings is 1. The molecule has 0 radical (unpaired) electrons. The summed E-state index contributed by atoms with van der Waals surface area (Å²) < 4.78 is 43.8. The summed E-state index contributed by atoms with van der Waals surface area (Å²) in [6.45, 7) is 0.543. The molecule has 6 aromatic rings. The molecule has 5 aromatic carbocycles. The number of amides is 2. The molecule has 49 heavy (non-hydrogen) atoms. The first-order valence-electron chi connectivity index (χ1n) is 15.8. The molecular formula is C39H31F3N4O2S. The molecule has 6 nitrogen and oxygen atoms in total. The van der Waals surface area contributed by atoms with Crippen LogP contribution in [0.5, 0.6) is 0 Å². The number of nitrogens with two attached hydrogens (primary N) is 1. The van der Waals surface area contributed by atoms with E-state index in [1.165, 1.54) is 12.1 Å². The zero-order valence-electron chi connectivity index (χ0n) is 26.4. The Kier molecular flexibility index (Phi) is 7.99. The van der Waals surface area contributed by atoms with E-state index in [1.807, 2.05) is 76.8 Å². The average Bonchev–Trinajstić information content (AvgIpc) is 3.52. The Morgan fingerprint density at radius 3 is 2.00 bits per heavy atom. The van der Waals surface area contributed by atoms with Crippen molar-refractivity contribution in [1.82, 2.24) is 9.13 Å². The minimum Gasteiger partial charge on any atom is -0.369 e. The second-order valence-electron chi connectivity index (χ2n) is 12.2. The van der Waals surface area contributed by atoms with Crippen LogP contribution in [0, 0.1) is 4.77 Å². The van der Waals surface area contributed by atoms with Gasteiger partial charge >= 0.3 is 6.18 Å². The van der Waals surface area contributed by atoms with Gasteiger partial charge in [0.2, 0.25) is 5.91 Å². The van der Waals surface area contributed by atoms with E-state index in [4.69, 9.17) is 18.0 Å². The van der Waals surface area contributed by atoms with Gasteiger partial charge in [0.25, 0.3) is 5.91 Å². The van der Waals surface area contributed by atoms with E-state index in [1.54, 1.807) is 30.3 Å². The fraction of sp³-hybridized carbons (Fsp3) is 0.154. The van der Waals surface area contributed by atoms with Gasteiger partial charge in [-0.15, -0.1) is 0 Å². The van der Waals surface area contributed by atoms with Crippen LogP contribution in [-0.4, -0.2) is 20.9 Å². The number of aryl methyl sites for hydroxylation is 2. The summed E-state index contributed by atoms with van der Waals surface area (Å²) in [5.74, 6) is -0.781. The molecule has 0 fully saturated rings. The number of nitrogens with zero attached hydrogens (tertiary/aromatic N) is 2. The zero-order chi connectivity index (χ0) is 34.5. The van der Waals surface area contributed by atoms with Gasteiger partial charge in [0.05, 0.1) is 22.0 Å². The largest absolute Gasteiger partial charge is 0.416 e. The number of hydrogen-bond donors (Lipinski definition) is 2. The van der Waals surface area contributed by atoms with Gasteiger partial charge in [-0.3, -0.25) is 9.59 Å². The number of carbonyl (C=O) groups is 2. The van der Waals surface area contributed by atoms with Crippen LogP contribution in [-0.2, 0) is 30.0 Å². The average molecular weight is 677 g/mol. The highest BCUT2D eigenvalue weighted by Crippen LogP contribution is 2.51. The SMILES string of the molecule is Cn1c(=S)n(CCCC2(C(N)=O)c3ccccc3-c3ccccc32)c2ccc(NC(=O)c3ccccc3-c3ccc(C(F)(F)F)cc3)cc21.